The number of hydrogen-bond donors (Lipinski definition) is 6. The summed E-state index contributed by atoms with van der Waals surface area (Å²) in [5.41, 5.74) is 0. The van der Waals surface area contributed by atoms with E-state index in [9.17, 15) is 35.4 Å². The first kappa shape index (κ1) is 44.1. The highest BCUT2D eigenvalue weighted by Gasteiger charge is 2.44. The van der Waals surface area contributed by atoms with Gasteiger partial charge in [0.2, 0.25) is 0 Å². The molecule has 278 valence electrons. The lowest BCUT2D eigenvalue weighted by Gasteiger charge is -2.40. The highest BCUT2D eigenvalue weighted by atomic mass is 16.7. The van der Waals surface area contributed by atoms with Crippen LogP contribution in [-0.2, 0) is 14.3 Å². The number of Topliss-reactive ketones (excluding diaryl/α,β-unsaturated/α-hetero) is 1. The van der Waals surface area contributed by atoms with Crippen LogP contribution in [-0.4, -0.2) is 92.5 Å². The number of ketones is 1. The number of aliphatic hydroxyl groups is 6. The van der Waals surface area contributed by atoms with E-state index in [0.29, 0.717) is 12.8 Å². The number of rotatable bonds is 30. The minimum absolute atomic E-state index is 0.290. The Hall–Kier alpha value is -0.910. The predicted molar refractivity (Wildman–Crippen MR) is 187 cm³/mol. The molecule has 0 radical (unpaired) electrons. The molecule has 9 heteroatoms. The van der Waals surface area contributed by atoms with Crippen molar-refractivity contribution in [3.63, 3.8) is 0 Å². The Labute approximate surface area is 286 Å². The lowest BCUT2D eigenvalue weighted by atomic mass is 9.91. The van der Waals surface area contributed by atoms with Crippen LogP contribution >= 0.6 is 0 Å². The smallest absolute Gasteiger partial charge is 0.186 e. The average molecular weight is 673 g/mol. The maximum Gasteiger partial charge on any atom is 0.186 e. The highest BCUT2D eigenvalue weighted by molar-refractivity contribution is 5.86. The molecule has 47 heavy (non-hydrogen) atoms. The summed E-state index contributed by atoms with van der Waals surface area (Å²) in [5, 5.41) is 61.8. The van der Waals surface area contributed by atoms with E-state index in [2.05, 4.69) is 20.8 Å². The van der Waals surface area contributed by atoms with Gasteiger partial charge in [0.1, 0.15) is 30.5 Å². The van der Waals surface area contributed by atoms with Crippen LogP contribution in [0, 0.1) is 11.8 Å². The van der Waals surface area contributed by atoms with Gasteiger partial charge in [0, 0.05) is 0 Å². The third-order valence-corrected chi connectivity index (χ3v) is 9.46. The van der Waals surface area contributed by atoms with Crippen molar-refractivity contribution in [1.82, 2.24) is 0 Å². The van der Waals surface area contributed by atoms with Gasteiger partial charge < -0.3 is 40.1 Å². The molecule has 0 spiro atoms. The Morgan fingerprint density at radius 3 is 1.77 bits per heavy atom. The molecule has 1 aliphatic rings. The minimum atomic E-state index is -1.62. The average Bonchev–Trinajstić information content (AvgIpc) is 3.05. The van der Waals surface area contributed by atoms with E-state index < -0.39 is 61.2 Å². The fourth-order valence-corrected chi connectivity index (χ4v) is 6.21. The van der Waals surface area contributed by atoms with Gasteiger partial charge in [-0.25, -0.2) is 0 Å². The normalized spacial score (nSPS) is 23.8. The van der Waals surface area contributed by atoms with Crippen molar-refractivity contribution in [3.8, 4) is 0 Å². The Morgan fingerprint density at radius 2 is 1.23 bits per heavy atom. The van der Waals surface area contributed by atoms with Gasteiger partial charge in [0.15, 0.2) is 12.1 Å². The molecule has 0 unspecified atom stereocenters. The van der Waals surface area contributed by atoms with Gasteiger partial charge in [-0.05, 0) is 25.2 Å². The maximum atomic E-state index is 13.4. The topological polar surface area (TPSA) is 157 Å². The highest BCUT2D eigenvalue weighted by Crippen LogP contribution is 2.24. The van der Waals surface area contributed by atoms with Gasteiger partial charge in [0.05, 0.1) is 25.2 Å². The molecule has 1 heterocycles. The molecule has 1 rings (SSSR count). The van der Waals surface area contributed by atoms with Crippen molar-refractivity contribution in [2.45, 2.75) is 199 Å². The van der Waals surface area contributed by atoms with Crippen molar-refractivity contribution in [2.24, 2.45) is 11.8 Å². The second-order valence-electron chi connectivity index (χ2n) is 14.2. The standard InChI is InChI=1S/C38H72O9/c1-4-5-6-7-8-9-10-11-12-16-19-22-25-31(40)30(28-46-38-37(45)36(44)35(43)33(27-39)47-38)34(42)32(41)26-23-20-17-14-13-15-18-21-24-29(2)3/h22,25,29-33,35-41,43-45H,4-21,23-24,26-28H2,1-3H3/b25-22+/t30-,31+,32+,33+,35-,36-,37+,38+/m0/s1. The third-order valence-electron chi connectivity index (χ3n) is 9.46. The molecule has 0 aromatic carbocycles. The van der Waals surface area contributed by atoms with E-state index in [-0.39, 0.29) is 6.61 Å². The first-order valence-corrected chi connectivity index (χ1v) is 19.1. The zero-order valence-electron chi connectivity index (χ0n) is 30.0. The molecule has 1 fully saturated rings. The number of aliphatic hydroxyl groups excluding tert-OH is 6. The lowest BCUT2D eigenvalue weighted by Crippen LogP contribution is -2.59. The molecule has 0 aromatic rings. The Kier molecular flexibility index (Phi) is 26.1. The van der Waals surface area contributed by atoms with Crippen LogP contribution < -0.4 is 0 Å². The number of allylic oxidation sites excluding steroid dienone is 1. The third kappa shape index (κ3) is 19.8. The van der Waals surface area contributed by atoms with Crippen LogP contribution in [0.25, 0.3) is 0 Å². The molecule has 1 saturated heterocycles. The monoisotopic (exact) mass is 673 g/mol. The summed E-state index contributed by atoms with van der Waals surface area (Å²) in [6, 6.07) is 0. The molecule has 1 aliphatic heterocycles. The molecule has 9 nitrogen and oxygen atoms in total. The number of carbonyl (C=O) groups excluding carboxylic acids is 1. The van der Waals surface area contributed by atoms with Crippen molar-refractivity contribution in [1.29, 1.82) is 0 Å². The van der Waals surface area contributed by atoms with Gasteiger partial charge >= 0.3 is 0 Å². The fraction of sp³-hybridized carbons (Fsp3) is 0.921. The molecule has 0 bridgehead atoms. The molecular weight excluding hydrogens is 600 g/mol. The molecule has 0 amide bonds. The Morgan fingerprint density at radius 1 is 0.723 bits per heavy atom. The fourth-order valence-electron chi connectivity index (χ4n) is 6.21. The summed E-state index contributed by atoms with van der Waals surface area (Å²) in [7, 11) is 0. The van der Waals surface area contributed by atoms with Crippen LogP contribution in [0.5, 0.6) is 0 Å². The van der Waals surface area contributed by atoms with Crippen LogP contribution in [0.4, 0.5) is 0 Å². The van der Waals surface area contributed by atoms with E-state index >= 15 is 0 Å². The van der Waals surface area contributed by atoms with Gasteiger partial charge in [-0.2, -0.15) is 0 Å². The Bertz CT molecular complexity index is 774. The van der Waals surface area contributed by atoms with Crippen LogP contribution in [0.2, 0.25) is 0 Å². The molecule has 0 aliphatic carbocycles. The second kappa shape index (κ2) is 27.9. The second-order valence-corrected chi connectivity index (χ2v) is 14.2. The zero-order valence-corrected chi connectivity index (χ0v) is 30.0. The maximum absolute atomic E-state index is 13.4. The quantitative estimate of drug-likeness (QED) is 0.0390. The molecule has 0 saturated carbocycles. The molecule has 0 aromatic heterocycles. The number of carbonyl (C=O) groups is 1. The van der Waals surface area contributed by atoms with Crippen LogP contribution in [0.3, 0.4) is 0 Å². The van der Waals surface area contributed by atoms with Crippen molar-refractivity contribution >= 4 is 5.78 Å². The van der Waals surface area contributed by atoms with Gasteiger partial charge in [0.25, 0.3) is 0 Å². The summed E-state index contributed by atoms with van der Waals surface area (Å²) in [4.78, 5) is 13.4. The van der Waals surface area contributed by atoms with E-state index in [0.717, 1.165) is 44.4 Å². The summed E-state index contributed by atoms with van der Waals surface area (Å²) in [6.45, 7) is 5.76. The summed E-state index contributed by atoms with van der Waals surface area (Å²) in [5.74, 6) is -0.905. The molecule has 8 atom stereocenters. The molecular formula is C38H72O9. The van der Waals surface area contributed by atoms with Crippen molar-refractivity contribution in [3.05, 3.63) is 12.2 Å². The zero-order chi connectivity index (χ0) is 34.9. The first-order chi connectivity index (χ1) is 22.6. The summed E-state index contributed by atoms with van der Waals surface area (Å²) < 4.78 is 11.1. The number of unbranched alkanes of at least 4 members (excludes halogenated alkanes) is 17. The minimum Gasteiger partial charge on any atom is -0.394 e. The lowest BCUT2D eigenvalue weighted by molar-refractivity contribution is -0.303. The summed E-state index contributed by atoms with van der Waals surface area (Å²) in [6.07, 6.45) is 17.1. The first-order valence-electron chi connectivity index (χ1n) is 19.1. The van der Waals surface area contributed by atoms with E-state index in [1.165, 1.54) is 83.5 Å². The van der Waals surface area contributed by atoms with Crippen LogP contribution in [0.1, 0.15) is 156 Å². The van der Waals surface area contributed by atoms with E-state index in [1.807, 2.05) is 6.08 Å². The van der Waals surface area contributed by atoms with Crippen molar-refractivity contribution in [2.75, 3.05) is 13.2 Å². The van der Waals surface area contributed by atoms with Gasteiger partial charge in [-0.1, -0.05) is 148 Å². The molecule has 6 N–H and O–H groups in total. The number of ether oxygens (including phenoxy) is 2. The predicted octanol–water partition coefficient (Wildman–Crippen LogP) is 6.13. The van der Waals surface area contributed by atoms with E-state index in [1.54, 1.807) is 6.08 Å². The van der Waals surface area contributed by atoms with Crippen molar-refractivity contribution < 1.29 is 44.9 Å². The number of hydrogen-bond acceptors (Lipinski definition) is 9. The largest absolute Gasteiger partial charge is 0.394 e. The van der Waals surface area contributed by atoms with Crippen LogP contribution in [0.15, 0.2) is 12.2 Å². The van der Waals surface area contributed by atoms with E-state index in [4.69, 9.17) is 9.47 Å². The summed E-state index contributed by atoms with van der Waals surface area (Å²) >= 11 is 0. The SMILES string of the molecule is CCCCCCCCCCCC/C=C/[C@@H](O)[C@H](CO[C@@H]1O[C@H](CO)[C@H](O)[C@H](O)[C@H]1O)C(=O)[C@H](O)CCCCCCCCCCC(C)C. The van der Waals surface area contributed by atoms with Gasteiger partial charge in [-0.3, -0.25) is 4.79 Å². The Balaban J connectivity index is 2.57. The van der Waals surface area contributed by atoms with Gasteiger partial charge in [-0.15, -0.1) is 0 Å².